The minimum Gasteiger partial charge on any atom is -0.471 e. The van der Waals surface area contributed by atoms with Gasteiger partial charge in [0.15, 0.2) is 6.10 Å². The summed E-state index contributed by atoms with van der Waals surface area (Å²) in [5.41, 5.74) is 2.28. The Kier molecular flexibility index (Phi) is 4.12. The Balaban J connectivity index is 1.33. The van der Waals surface area contributed by atoms with E-state index in [-0.39, 0.29) is 13.2 Å². The number of anilines is 1. The minimum absolute atomic E-state index is 0.125. The number of rotatable bonds is 5. The van der Waals surface area contributed by atoms with Gasteiger partial charge in [0.05, 0.1) is 12.2 Å². The zero-order chi connectivity index (χ0) is 19.8. The number of cyclic esters (lactones) is 1. The van der Waals surface area contributed by atoms with Crippen molar-refractivity contribution in [1.82, 2.24) is 14.5 Å². The predicted octanol–water partition coefficient (Wildman–Crippen LogP) is 3.53. The third kappa shape index (κ3) is 3.27. The number of ether oxygens (including phenoxy) is 2. The summed E-state index contributed by atoms with van der Waals surface area (Å²) in [5.74, 6) is -0.127. The molecule has 1 aromatic carbocycles. The molecule has 0 saturated carbocycles. The van der Waals surface area contributed by atoms with Crippen molar-refractivity contribution in [3.05, 3.63) is 67.1 Å². The molecule has 0 unspecified atom stereocenters. The number of benzene rings is 1. The Bertz CT molecular complexity index is 1170. The second-order valence-corrected chi connectivity index (χ2v) is 6.54. The molecule has 1 aliphatic rings. The van der Waals surface area contributed by atoms with Crippen LogP contribution in [-0.2, 0) is 4.74 Å². The van der Waals surface area contributed by atoms with Gasteiger partial charge in [0, 0.05) is 30.2 Å². The lowest BCUT2D eigenvalue weighted by molar-refractivity contribution is 0.102. The van der Waals surface area contributed by atoms with Gasteiger partial charge >= 0.3 is 6.09 Å². The summed E-state index contributed by atoms with van der Waals surface area (Å²) < 4.78 is 32.0. The summed E-state index contributed by atoms with van der Waals surface area (Å²) in [6.45, 7) is 0.370. The Morgan fingerprint density at radius 3 is 2.97 bits per heavy atom. The number of hydrogen-bond donors (Lipinski definition) is 0. The Labute approximate surface area is 164 Å². The van der Waals surface area contributed by atoms with Gasteiger partial charge in [0.1, 0.15) is 24.3 Å². The highest BCUT2D eigenvalue weighted by Crippen LogP contribution is 2.29. The van der Waals surface area contributed by atoms with Crippen LogP contribution in [0.4, 0.5) is 14.9 Å². The standard InChI is InChI=1S/C20H15FN4O4/c21-17-10-14(1-2-16(17)13-3-6-24-7-5-22-18(24)9-13)25-11-15(29-20(25)26)12-27-19-4-8-28-23-19/h1-10,15H,11-12H2/t15-/m1/s1. The highest BCUT2D eigenvalue weighted by Gasteiger charge is 2.33. The van der Waals surface area contributed by atoms with Crippen LogP contribution in [-0.4, -0.2) is 39.9 Å². The Hall–Kier alpha value is -3.88. The van der Waals surface area contributed by atoms with Crippen LogP contribution in [0.1, 0.15) is 0 Å². The molecule has 29 heavy (non-hydrogen) atoms. The number of imidazole rings is 1. The van der Waals surface area contributed by atoms with Gasteiger partial charge in [-0.05, 0) is 41.1 Å². The van der Waals surface area contributed by atoms with Crippen molar-refractivity contribution >= 4 is 17.4 Å². The van der Waals surface area contributed by atoms with Gasteiger partial charge in [-0.3, -0.25) is 4.90 Å². The fraction of sp³-hybridized carbons (Fsp3) is 0.150. The van der Waals surface area contributed by atoms with Gasteiger partial charge in [0.25, 0.3) is 5.88 Å². The lowest BCUT2D eigenvalue weighted by Crippen LogP contribution is -2.26. The van der Waals surface area contributed by atoms with Crippen LogP contribution < -0.4 is 9.64 Å². The first kappa shape index (κ1) is 17.2. The average molecular weight is 394 g/mol. The van der Waals surface area contributed by atoms with E-state index < -0.39 is 18.0 Å². The SMILES string of the molecule is O=C1O[C@@H](COc2ccon2)CN1c1ccc(-c2ccn3ccnc3c2)c(F)c1. The number of halogens is 1. The number of amides is 1. The molecule has 3 aromatic heterocycles. The quantitative estimate of drug-likeness (QED) is 0.515. The normalized spacial score (nSPS) is 16.4. The van der Waals surface area contributed by atoms with Gasteiger partial charge in [-0.25, -0.2) is 14.2 Å². The average Bonchev–Trinajstić information content (AvgIpc) is 3.46. The first-order chi connectivity index (χ1) is 14.2. The zero-order valence-electron chi connectivity index (χ0n) is 15.1. The Morgan fingerprint density at radius 2 is 2.14 bits per heavy atom. The summed E-state index contributed by atoms with van der Waals surface area (Å²) in [5, 5.41) is 3.63. The summed E-state index contributed by atoms with van der Waals surface area (Å²) in [6.07, 6.45) is 5.66. The van der Waals surface area contributed by atoms with Crippen LogP contribution in [0, 0.1) is 5.82 Å². The first-order valence-electron chi connectivity index (χ1n) is 8.91. The van der Waals surface area contributed by atoms with Crippen molar-refractivity contribution in [2.24, 2.45) is 0 Å². The molecule has 1 fully saturated rings. The fourth-order valence-corrected chi connectivity index (χ4v) is 3.26. The molecule has 0 aliphatic carbocycles. The molecule has 8 nitrogen and oxygen atoms in total. The maximum Gasteiger partial charge on any atom is 0.414 e. The predicted molar refractivity (Wildman–Crippen MR) is 100 cm³/mol. The third-order valence-corrected chi connectivity index (χ3v) is 4.68. The number of hydrogen-bond acceptors (Lipinski definition) is 6. The summed E-state index contributed by atoms with van der Waals surface area (Å²) in [6, 6.07) is 9.84. The highest BCUT2D eigenvalue weighted by atomic mass is 19.1. The lowest BCUT2D eigenvalue weighted by atomic mass is 10.1. The molecular formula is C20H15FN4O4. The van der Waals surface area contributed by atoms with Crippen LogP contribution >= 0.6 is 0 Å². The second-order valence-electron chi connectivity index (χ2n) is 6.54. The number of fused-ring (bicyclic) bond motifs is 1. The first-order valence-corrected chi connectivity index (χ1v) is 8.91. The fourth-order valence-electron chi connectivity index (χ4n) is 3.26. The van der Waals surface area contributed by atoms with Gasteiger partial charge in [-0.1, -0.05) is 0 Å². The van der Waals surface area contributed by atoms with Crippen molar-refractivity contribution in [2.75, 3.05) is 18.1 Å². The molecule has 0 radical (unpaired) electrons. The maximum absolute atomic E-state index is 14.8. The molecule has 1 atom stereocenters. The molecule has 1 aliphatic heterocycles. The van der Waals surface area contributed by atoms with Gasteiger partial charge < -0.3 is 18.4 Å². The van der Waals surface area contributed by atoms with Crippen LogP contribution in [0.5, 0.6) is 5.88 Å². The van der Waals surface area contributed by atoms with E-state index in [1.54, 1.807) is 30.5 Å². The van der Waals surface area contributed by atoms with Crippen molar-refractivity contribution < 1.29 is 23.2 Å². The van der Waals surface area contributed by atoms with E-state index in [2.05, 4.69) is 14.7 Å². The van der Waals surface area contributed by atoms with E-state index in [0.29, 0.717) is 22.7 Å². The van der Waals surface area contributed by atoms with Crippen LogP contribution in [0.25, 0.3) is 16.8 Å². The lowest BCUT2D eigenvalue weighted by Gasteiger charge is -2.14. The van der Waals surface area contributed by atoms with Crippen molar-refractivity contribution in [2.45, 2.75) is 6.10 Å². The van der Waals surface area contributed by atoms with Crippen LogP contribution in [0.15, 0.2) is 65.8 Å². The molecule has 0 spiro atoms. The van der Waals surface area contributed by atoms with Gasteiger partial charge in [-0.2, -0.15) is 0 Å². The molecule has 1 saturated heterocycles. The van der Waals surface area contributed by atoms with Crippen LogP contribution in [0.2, 0.25) is 0 Å². The van der Waals surface area contributed by atoms with E-state index >= 15 is 0 Å². The monoisotopic (exact) mass is 394 g/mol. The summed E-state index contributed by atoms with van der Waals surface area (Å²) in [4.78, 5) is 17.8. The number of carbonyl (C=O) groups is 1. The molecular weight excluding hydrogens is 379 g/mol. The largest absolute Gasteiger partial charge is 0.471 e. The van der Waals surface area contributed by atoms with Crippen molar-refractivity contribution in [3.63, 3.8) is 0 Å². The highest BCUT2D eigenvalue weighted by molar-refractivity contribution is 5.90. The number of carbonyl (C=O) groups excluding carboxylic acids is 1. The Morgan fingerprint density at radius 1 is 1.21 bits per heavy atom. The van der Waals surface area contributed by atoms with E-state index in [4.69, 9.17) is 9.47 Å². The smallest absolute Gasteiger partial charge is 0.414 e. The molecule has 9 heteroatoms. The number of aromatic nitrogens is 3. The second kappa shape index (κ2) is 6.93. The van der Waals surface area contributed by atoms with Crippen LogP contribution in [0.3, 0.4) is 0 Å². The molecule has 5 rings (SSSR count). The molecule has 0 bridgehead atoms. The number of pyridine rings is 1. The maximum atomic E-state index is 14.8. The minimum atomic E-state index is -0.551. The van der Waals surface area contributed by atoms with Gasteiger partial charge in [-0.15, -0.1) is 0 Å². The molecule has 4 aromatic rings. The zero-order valence-corrected chi connectivity index (χ0v) is 15.1. The van der Waals surface area contributed by atoms with E-state index in [1.807, 2.05) is 22.9 Å². The van der Waals surface area contributed by atoms with E-state index in [9.17, 15) is 9.18 Å². The van der Waals surface area contributed by atoms with E-state index in [1.165, 1.54) is 17.2 Å². The van der Waals surface area contributed by atoms with Gasteiger partial charge in [0.2, 0.25) is 0 Å². The molecule has 1 amide bonds. The van der Waals surface area contributed by atoms with Crippen molar-refractivity contribution in [3.8, 4) is 17.0 Å². The molecule has 4 heterocycles. The van der Waals surface area contributed by atoms with Crippen molar-refractivity contribution in [1.29, 1.82) is 0 Å². The topological polar surface area (TPSA) is 82.1 Å². The summed E-state index contributed by atoms with van der Waals surface area (Å²) in [7, 11) is 0. The molecule has 146 valence electrons. The number of nitrogens with zero attached hydrogens (tertiary/aromatic N) is 4. The van der Waals surface area contributed by atoms with E-state index in [0.717, 1.165) is 5.65 Å². The third-order valence-electron chi connectivity index (χ3n) is 4.68. The molecule has 0 N–H and O–H groups in total. The summed E-state index contributed by atoms with van der Waals surface area (Å²) >= 11 is 0.